The maximum atomic E-state index is 13.4. The van der Waals surface area contributed by atoms with Crippen molar-refractivity contribution in [2.24, 2.45) is 0 Å². The quantitative estimate of drug-likeness (QED) is 0.747. The van der Waals surface area contributed by atoms with Gasteiger partial charge in [-0.15, -0.1) is 5.10 Å². The molecule has 1 aliphatic heterocycles. The molecule has 0 spiro atoms. The Bertz CT molecular complexity index is 969. The maximum Gasteiger partial charge on any atom is 0.247 e. The summed E-state index contributed by atoms with van der Waals surface area (Å²) >= 11 is 0. The van der Waals surface area contributed by atoms with Gasteiger partial charge in [-0.2, -0.15) is 10.1 Å². The van der Waals surface area contributed by atoms with E-state index >= 15 is 0 Å². The summed E-state index contributed by atoms with van der Waals surface area (Å²) in [7, 11) is 0. The normalized spacial score (nSPS) is 14.2. The first kappa shape index (κ1) is 18.2. The largest absolute Gasteiger partial charge is 0.368 e. The topological polar surface area (TPSA) is 57.2 Å². The molecule has 7 heteroatoms. The van der Waals surface area contributed by atoms with Crippen LogP contribution in [0.3, 0.4) is 0 Å². The first-order valence-electron chi connectivity index (χ1n) is 9.38. The molecule has 1 aliphatic rings. The van der Waals surface area contributed by atoms with Crippen molar-refractivity contribution in [3.05, 3.63) is 65.6 Å². The third-order valence-corrected chi connectivity index (χ3v) is 5.12. The summed E-state index contributed by atoms with van der Waals surface area (Å²) in [5, 5.41) is 11.3. The fourth-order valence-corrected chi connectivity index (χ4v) is 3.43. The molecule has 0 radical (unpaired) electrons. The second-order valence-corrected chi connectivity index (χ2v) is 6.97. The zero-order chi connectivity index (χ0) is 19.5. The third-order valence-electron chi connectivity index (χ3n) is 5.12. The molecule has 4 rings (SSSR count). The summed E-state index contributed by atoms with van der Waals surface area (Å²) in [5.41, 5.74) is 4.56. The highest BCUT2D eigenvalue weighted by atomic mass is 19.1. The summed E-state index contributed by atoms with van der Waals surface area (Å²) in [6, 6.07) is 12.7. The second-order valence-electron chi connectivity index (χ2n) is 6.97. The van der Waals surface area contributed by atoms with Crippen molar-refractivity contribution in [3.63, 3.8) is 0 Å². The predicted octanol–water partition coefficient (Wildman–Crippen LogP) is 3.70. The molecule has 3 aromatic rings. The third kappa shape index (κ3) is 3.88. The molecular formula is C21H23FN6. The maximum absolute atomic E-state index is 13.4. The van der Waals surface area contributed by atoms with E-state index in [2.05, 4.69) is 62.3 Å². The number of hydrogen-bond acceptors (Lipinski definition) is 6. The molecule has 6 nitrogen and oxygen atoms in total. The average Bonchev–Trinajstić information content (AvgIpc) is 2.71. The van der Waals surface area contributed by atoms with E-state index in [1.54, 1.807) is 18.3 Å². The molecule has 2 aromatic carbocycles. The van der Waals surface area contributed by atoms with Crippen molar-refractivity contribution in [2.75, 3.05) is 41.3 Å². The van der Waals surface area contributed by atoms with Gasteiger partial charge in [0.15, 0.2) is 5.82 Å². The highest BCUT2D eigenvalue weighted by Crippen LogP contribution is 2.25. The van der Waals surface area contributed by atoms with Crippen LogP contribution in [-0.4, -0.2) is 41.4 Å². The zero-order valence-corrected chi connectivity index (χ0v) is 16.1. The Morgan fingerprint density at radius 2 is 1.71 bits per heavy atom. The van der Waals surface area contributed by atoms with E-state index < -0.39 is 0 Å². The Labute approximate surface area is 164 Å². The van der Waals surface area contributed by atoms with Crippen LogP contribution in [0, 0.1) is 19.7 Å². The van der Waals surface area contributed by atoms with Crippen LogP contribution in [0.5, 0.6) is 0 Å². The van der Waals surface area contributed by atoms with Gasteiger partial charge in [-0.3, -0.25) is 0 Å². The molecule has 0 atom stereocenters. The van der Waals surface area contributed by atoms with Crippen molar-refractivity contribution in [1.29, 1.82) is 0 Å². The molecule has 1 saturated heterocycles. The van der Waals surface area contributed by atoms with Gasteiger partial charge >= 0.3 is 0 Å². The summed E-state index contributed by atoms with van der Waals surface area (Å²) in [6.07, 6.45) is 1.54. The number of rotatable bonds is 4. The number of aryl methyl sites for hydroxylation is 1. The van der Waals surface area contributed by atoms with Crippen molar-refractivity contribution < 1.29 is 4.39 Å². The summed E-state index contributed by atoms with van der Waals surface area (Å²) in [6.45, 7) is 7.75. The van der Waals surface area contributed by atoms with Crippen LogP contribution in [-0.2, 0) is 0 Å². The van der Waals surface area contributed by atoms with Gasteiger partial charge in [0.2, 0.25) is 5.95 Å². The molecule has 2 heterocycles. The lowest BCUT2D eigenvalue weighted by Crippen LogP contribution is -2.47. The molecule has 1 N–H and O–H groups in total. The monoisotopic (exact) mass is 378 g/mol. The molecule has 1 fully saturated rings. The minimum absolute atomic E-state index is 0.296. The van der Waals surface area contributed by atoms with Gasteiger partial charge in [-0.1, -0.05) is 18.2 Å². The van der Waals surface area contributed by atoms with Gasteiger partial charge in [0, 0.05) is 37.6 Å². The zero-order valence-electron chi connectivity index (χ0n) is 16.1. The Morgan fingerprint density at radius 3 is 2.50 bits per heavy atom. The number of nitrogens with one attached hydrogen (secondary N) is 1. The van der Waals surface area contributed by atoms with Crippen LogP contribution in [0.25, 0.3) is 0 Å². The van der Waals surface area contributed by atoms with E-state index in [0.29, 0.717) is 17.5 Å². The van der Waals surface area contributed by atoms with Crippen LogP contribution in [0.15, 0.2) is 48.7 Å². The Hall–Kier alpha value is -3.22. The number of hydrogen-bond donors (Lipinski definition) is 1. The lowest BCUT2D eigenvalue weighted by molar-refractivity contribution is 0.628. The molecule has 0 aliphatic carbocycles. The Kier molecular flexibility index (Phi) is 5.06. The number of aromatic nitrogens is 3. The van der Waals surface area contributed by atoms with E-state index in [1.807, 2.05) is 0 Å². The molecule has 144 valence electrons. The fourth-order valence-electron chi connectivity index (χ4n) is 3.43. The minimum Gasteiger partial charge on any atom is -0.368 e. The SMILES string of the molecule is Cc1cccc(N2CCN(c3nncc(Nc4cccc(F)c4)n3)CC2)c1C. The number of nitrogens with zero attached hydrogens (tertiary/aromatic N) is 5. The first-order chi connectivity index (χ1) is 13.6. The van der Waals surface area contributed by atoms with Crippen LogP contribution in [0.1, 0.15) is 11.1 Å². The van der Waals surface area contributed by atoms with Crippen LogP contribution in [0.2, 0.25) is 0 Å². The van der Waals surface area contributed by atoms with Gasteiger partial charge < -0.3 is 15.1 Å². The van der Waals surface area contributed by atoms with Crippen molar-refractivity contribution >= 4 is 23.1 Å². The Morgan fingerprint density at radius 1 is 0.964 bits per heavy atom. The first-order valence-corrected chi connectivity index (χ1v) is 9.38. The number of anilines is 4. The fraction of sp³-hybridized carbons (Fsp3) is 0.286. The molecule has 0 saturated carbocycles. The lowest BCUT2D eigenvalue weighted by Gasteiger charge is -2.36. The molecule has 0 bridgehead atoms. The molecule has 1 aromatic heterocycles. The average molecular weight is 378 g/mol. The van der Waals surface area contributed by atoms with Crippen molar-refractivity contribution in [2.45, 2.75) is 13.8 Å². The summed E-state index contributed by atoms with van der Waals surface area (Å²) in [4.78, 5) is 9.09. The Balaban J connectivity index is 1.44. The van der Waals surface area contributed by atoms with Gasteiger partial charge in [-0.25, -0.2) is 4.39 Å². The van der Waals surface area contributed by atoms with E-state index in [9.17, 15) is 4.39 Å². The van der Waals surface area contributed by atoms with E-state index in [-0.39, 0.29) is 5.82 Å². The second kappa shape index (κ2) is 7.80. The number of halogens is 1. The van der Waals surface area contributed by atoms with Gasteiger partial charge in [-0.05, 0) is 49.2 Å². The van der Waals surface area contributed by atoms with Gasteiger partial charge in [0.25, 0.3) is 0 Å². The smallest absolute Gasteiger partial charge is 0.247 e. The summed E-state index contributed by atoms with van der Waals surface area (Å²) in [5.74, 6) is 0.837. The van der Waals surface area contributed by atoms with E-state index in [1.165, 1.54) is 28.9 Å². The van der Waals surface area contributed by atoms with Gasteiger partial charge in [0.1, 0.15) is 5.82 Å². The molecular weight excluding hydrogens is 355 g/mol. The standard InChI is InChI=1S/C21H23FN6/c1-15-5-3-8-19(16(15)2)27-9-11-28(12-10-27)21-25-20(14-23-26-21)24-18-7-4-6-17(22)13-18/h3-8,13-14H,9-12H2,1-2H3,(H,24,25,26). The minimum atomic E-state index is -0.296. The molecule has 28 heavy (non-hydrogen) atoms. The van der Waals surface area contributed by atoms with Crippen molar-refractivity contribution in [3.8, 4) is 0 Å². The highest BCUT2D eigenvalue weighted by molar-refractivity contribution is 5.58. The highest BCUT2D eigenvalue weighted by Gasteiger charge is 2.21. The molecule has 0 unspecified atom stereocenters. The lowest BCUT2D eigenvalue weighted by atomic mass is 10.1. The van der Waals surface area contributed by atoms with Gasteiger partial charge in [0.05, 0.1) is 6.20 Å². The van der Waals surface area contributed by atoms with Crippen LogP contribution in [0.4, 0.5) is 27.5 Å². The summed E-state index contributed by atoms with van der Waals surface area (Å²) < 4.78 is 13.4. The molecule has 0 amide bonds. The predicted molar refractivity (Wildman–Crippen MR) is 110 cm³/mol. The van der Waals surface area contributed by atoms with E-state index in [4.69, 9.17) is 0 Å². The van der Waals surface area contributed by atoms with Crippen LogP contribution < -0.4 is 15.1 Å². The van der Waals surface area contributed by atoms with Crippen LogP contribution >= 0.6 is 0 Å². The number of benzene rings is 2. The van der Waals surface area contributed by atoms with Crippen molar-refractivity contribution in [1.82, 2.24) is 15.2 Å². The van der Waals surface area contributed by atoms with E-state index in [0.717, 1.165) is 26.2 Å². The number of piperazine rings is 1.